The van der Waals surface area contributed by atoms with Crippen LogP contribution in [0.2, 0.25) is 0 Å². The molecular formula is C16H22N4O. The minimum atomic E-state index is 0.747. The summed E-state index contributed by atoms with van der Waals surface area (Å²) in [5, 5.41) is 6.59. The van der Waals surface area contributed by atoms with Gasteiger partial charge >= 0.3 is 0 Å². The molecule has 2 aromatic rings. The van der Waals surface area contributed by atoms with Crippen LogP contribution in [0.15, 0.2) is 36.7 Å². The minimum absolute atomic E-state index is 0.747. The average molecular weight is 286 g/mol. The molecule has 0 spiro atoms. The van der Waals surface area contributed by atoms with Crippen molar-refractivity contribution in [3.63, 3.8) is 0 Å². The van der Waals surface area contributed by atoms with Crippen molar-refractivity contribution in [2.75, 3.05) is 30.9 Å². The molecule has 0 saturated heterocycles. The number of hydrogen-bond donors (Lipinski definition) is 2. The molecular weight excluding hydrogens is 264 g/mol. The van der Waals surface area contributed by atoms with Crippen molar-refractivity contribution >= 4 is 11.6 Å². The highest BCUT2D eigenvalue weighted by Gasteiger charge is 2.00. The molecule has 0 aliphatic carbocycles. The molecule has 0 bridgehead atoms. The first-order chi connectivity index (χ1) is 10.3. The van der Waals surface area contributed by atoms with Crippen molar-refractivity contribution in [1.29, 1.82) is 0 Å². The average Bonchev–Trinajstić information content (AvgIpc) is 2.51. The first kappa shape index (κ1) is 15.3. The van der Waals surface area contributed by atoms with E-state index >= 15 is 0 Å². The Bertz CT molecular complexity index is 559. The van der Waals surface area contributed by atoms with E-state index in [9.17, 15) is 0 Å². The number of rotatable bonds is 8. The summed E-state index contributed by atoms with van der Waals surface area (Å²) in [6.45, 7) is 4.45. The summed E-state index contributed by atoms with van der Waals surface area (Å²) in [4.78, 5) is 8.45. The molecule has 0 aliphatic rings. The molecule has 0 fully saturated rings. The van der Waals surface area contributed by atoms with Gasteiger partial charge in [0.25, 0.3) is 0 Å². The maximum absolute atomic E-state index is 5.02. The number of aromatic nitrogens is 2. The van der Waals surface area contributed by atoms with Gasteiger partial charge in [-0.15, -0.1) is 0 Å². The topological polar surface area (TPSA) is 59.1 Å². The number of benzene rings is 1. The number of ether oxygens (including phenoxy) is 1. The maximum atomic E-state index is 5.02. The second-order valence-corrected chi connectivity index (χ2v) is 4.84. The summed E-state index contributed by atoms with van der Waals surface area (Å²) in [6, 6.07) is 10.2. The molecule has 1 aromatic carbocycles. The molecule has 0 radical (unpaired) electrons. The fourth-order valence-electron chi connectivity index (χ4n) is 1.98. The SMILES string of the molecule is COCCCNc1cc(NCc2ccccc2C)ncn1. The molecule has 0 saturated carbocycles. The van der Waals surface area contributed by atoms with Crippen LogP contribution in [0, 0.1) is 6.92 Å². The largest absolute Gasteiger partial charge is 0.385 e. The van der Waals surface area contributed by atoms with Crippen molar-refractivity contribution in [3.05, 3.63) is 47.8 Å². The van der Waals surface area contributed by atoms with Gasteiger partial charge in [-0.1, -0.05) is 24.3 Å². The van der Waals surface area contributed by atoms with Gasteiger partial charge in [-0.3, -0.25) is 0 Å². The highest BCUT2D eigenvalue weighted by molar-refractivity contribution is 5.47. The molecule has 21 heavy (non-hydrogen) atoms. The summed E-state index contributed by atoms with van der Waals surface area (Å²) in [7, 11) is 1.71. The van der Waals surface area contributed by atoms with E-state index in [0.29, 0.717) is 0 Å². The lowest BCUT2D eigenvalue weighted by Crippen LogP contribution is -2.08. The zero-order valence-electron chi connectivity index (χ0n) is 12.6. The van der Waals surface area contributed by atoms with Crippen LogP contribution in [-0.4, -0.2) is 30.2 Å². The van der Waals surface area contributed by atoms with Gasteiger partial charge in [0, 0.05) is 32.9 Å². The summed E-state index contributed by atoms with van der Waals surface area (Å²) in [5.74, 6) is 1.65. The Hall–Kier alpha value is -2.14. The van der Waals surface area contributed by atoms with Gasteiger partial charge in [-0.05, 0) is 24.5 Å². The standard InChI is InChI=1S/C16H22N4O/c1-13-6-3-4-7-14(13)11-18-16-10-15(19-12-20-16)17-8-5-9-21-2/h3-4,6-7,10,12H,5,8-9,11H2,1-2H3,(H2,17,18,19,20). The number of nitrogens with zero attached hydrogens (tertiary/aromatic N) is 2. The third kappa shape index (κ3) is 5.04. The zero-order valence-corrected chi connectivity index (χ0v) is 12.6. The lowest BCUT2D eigenvalue weighted by molar-refractivity contribution is 0.198. The van der Waals surface area contributed by atoms with Crippen LogP contribution in [0.25, 0.3) is 0 Å². The molecule has 0 aliphatic heterocycles. The van der Waals surface area contributed by atoms with E-state index in [-0.39, 0.29) is 0 Å². The van der Waals surface area contributed by atoms with Crippen molar-refractivity contribution in [3.8, 4) is 0 Å². The highest BCUT2D eigenvalue weighted by atomic mass is 16.5. The zero-order chi connectivity index (χ0) is 14.9. The fourth-order valence-corrected chi connectivity index (χ4v) is 1.98. The van der Waals surface area contributed by atoms with Crippen LogP contribution in [0.5, 0.6) is 0 Å². The molecule has 1 aromatic heterocycles. The van der Waals surface area contributed by atoms with Crippen molar-refractivity contribution < 1.29 is 4.74 Å². The predicted octanol–water partition coefficient (Wildman–Crippen LogP) is 2.85. The summed E-state index contributed by atoms with van der Waals surface area (Å²) in [5.41, 5.74) is 2.54. The van der Waals surface area contributed by atoms with Gasteiger partial charge in [-0.25, -0.2) is 9.97 Å². The molecule has 0 amide bonds. The number of aryl methyl sites for hydroxylation is 1. The van der Waals surface area contributed by atoms with Gasteiger partial charge in [0.2, 0.25) is 0 Å². The second kappa shape index (κ2) is 8.21. The van der Waals surface area contributed by atoms with Crippen LogP contribution in [-0.2, 0) is 11.3 Å². The van der Waals surface area contributed by atoms with Crippen LogP contribution >= 0.6 is 0 Å². The Kier molecular flexibility index (Phi) is 5.97. The van der Waals surface area contributed by atoms with E-state index in [4.69, 9.17) is 4.74 Å². The first-order valence-corrected chi connectivity index (χ1v) is 7.13. The van der Waals surface area contributed by atoms with Gasteiger partial charge in [0.1, 0.15) is 18.0 Å². The molecule has 0 unspecified atom stereocenters. The van der Waals surface area contributed by atoms with Crippen molar-refractivity contribution in [1.82, 2.24) is 9.97 Å². The molecule has 5 heteroatoms. The number of anilines is 2. The van der Waals surface area contributed by atoms with Crippen LogP contribution in [0.4, 0.5) is 11.6 Å². The quantitative estimate of drug-likeness (QED) is 0.731. The summed E-state index contributed by atoms with van der Waals surface area (Å²) < 4.78 is 5.02. The van der Waals surface area contributed by atoms with Crippen molar-refractivity contribution in [2.24, 2.45) is 0 Å². The smallest absolute Gasteiger partial charge is 0.131 e. The molecule has 1 heterocycles. The predicted molar refractivity (Wildman–Crippen MR) is 85.5 cm³/mol. The molecule has 2 rings (SSSR count). The third-order valence-electron chi connectivity index (χ3n) is 3.22. The molecule has 112 valence electrons. The van der Waals surface area contributed by atoms with E-state index < -0.39 is 0 Å². The second-order valence-electron chi connectivity index (χ2n) is 4.84. The summed E-state index contributed by atoms with van der Waals surface area (Å²) in [6.07, 6.45) is 2.52. The number of nitrogens with one attached hydrogen (secondary N) is 2. The van der Waals surface area contributed by atoms with Crippen molar-refractivity contribution in [2.45, 2.75) is 19.9 Å². The number of methoxy groups -OCH3 is 1. The van der Waals surface area contributed by atoms with E-state index in [1.165, 1.54) is 11.1 Å². The van der Waals surface area contributed by atoms with E-state index in [0.717, 1.165) is 37.8 Å². The lowest BCUT2D eigenvalue weighted by atomic mass is 10.1. The highest BCUT2D eigenvalue weighted by Crippen LogP contribution is 2.12. The Labute approximate surface area is 125 Å². The van der Waals surface area contributed by atoms with Gasteiger partial charge < -0.3 is 15.4 Å². The van der Waals surface area contributed by atoms with Gasteiger partial charge in [0.05, 0.1) is 0 Å². The normalized spacial score (nSPS) is 10.4. The maximum Gasteiger partial charge on any atom is 0.131 e. The monoisotopic (exact) mass is 286 g/mol. The summed E-state index contributed by atoms with van der Waals surface area (Å²) >= 11 is 0. The van der Waals surface area contributed by atoms with Gasteiger partial charge in [0.15, 0.2) is 0 Å². The Morgan fingerprint density at radius 1 is 1.10 bits per heavy atom. The van der Waals surface area contributed by atoms with Gasteiger partial charge in [-0.2, -0.15) is 0 Å². The number of hydrogen-bond acceptors (Lipinski definition) is 5. The lowest BCUT2D eigenvalue weighted by Gasteiger charge is -2.10. The van der Waals surface area contributed by atoms with E-state index in [2.05, 4.69) is 39.7 Å². The third-order valence-corrected chi connectivity index (χ3v) is 3.22. The molecule has 0 atom stereocenters. The molecule has 2 N–H and O–H groups in total. The molecule has 5 nitrogen and oxygen atoms in total. The van der Waals surface area contributed by atoms with E-state index in [1.54, 1.807) is 13.4 Å². The fraction of sp³-hybridized carbons (Fsp3) is 0.375. The Morgan fingerprint density at radius 3 is 2.62 bits per heavy atom. The van der Waals surface area contributed by atoms with Crippen LogP contribution < -0.4 is 10.6 Å². The van der Waals surface area contributed by atoms with Crippen LogP contribution in [0.1, 0.15) is 17.5 Å². The minimum Gasteiger partial charge on any atom is -0.385 e. The van der Waals surface area contributed by atoms with E-state index in [1.807, 2.05) is 18.2 Å². The Morgan fingerprint density at radius 2 is 1.86 bits per heavy atom. The first-order valence-electron chi connectivity index (χ1n) is 7.13. The Balaban J connectivity index is 1.87. The van der Waals surface area contributed by atoms with Crippen LogP contribution in [0.3, 0.4) is 0 Å².